The molecule has 2 aromatic carbocycles. The third-order valence-corrected chi connectivity index (χ3v) is 13.2. The van der Waals surface area contributed by atoms with Crippen LogP contribution in [0.25, 0.3) is 0 Å². The lowest BCUT2D eigenvalue weighted by atomic mass is 9.78. The number of alkyl halides is 3. The zero-order valence-electron chi connectivity index (χ0n) is 25.3. The number of carbonyl (C=O) groups is 1. The van der Waals surface area contributed by atoms with E-state index in [1.165, 1.54) is 6.08 Å². The van der Waals surface area contributed by atoms with Crippen molar-refractivity contribution in [3.63, 3.8) is 0 Å². The Morgan fingerprint density at radius 1 is 0.929 bits per heavy atom. The van der Waals surface area contributed by atoms with Crippen molar-refractivity contribution in [2.45, 2.75) is 84.0 Å². The number of amides is 1. The van der Waals surface area contributed by atoms with Crippen LogP contribution in [0.4, 0.5) is 18.0 Å². The molecule has 0 fully saturated rings. The first kappa shape index (κ1) is 33.7. The number of rotatable bonds is 7. The molecule has 1 amide bonds. The SMILES string of the molecule is CC(C)(C)OC(=O)N1C(OS(=O)(=O)C(F)(F)F)=CCC(C)(C)C1CO[Si](c1ccccc1)(c1ccccc1)C(C)(C)C. The van der Waals surface area contributed by atoms with Crippen LogP contribution in [0.5, 0.6) is 0 Å². The van der Waals surface area contributed by atoms with E-state index in [4.69, 9.17) is 9.16 Å². The maximum atomic E-state index is 13.6. The van der Waals surface area contributed by atoms with Gasteiger partial charge in [-0.1, -0.05) is 95.3 Å². The summed E-state index contributed by atoms with van der Waals surface area (Å²) < 4.78 is 81.4. The van der Waals surface area contributed by atoms with Gasteiger partial charge in [0.25, 0.3) is 8.32 Å². The predicted molar refractivity (Wildman–Crippen MR) is 158 cm³/mol. The van der Waals surface area contributed by atoms with Gasteiger partial charge in [-0.3, -0.25) is 0 Å². The van der Waals surface area contributed by atoms with Crippen LogP contribution in [-0.4, -0.2) is 51.5 Å². The van der Waals surface area contributed by atoms with Gasteiger partial charge in [0.2, 0.25) is 5.88 Å². The molecule has 232 valence electrons. The van der Waals surface area contributed by atoms with Crippen molar-refractivity contribution < 1.29 is 39.7 Å². The monoisotopic (exact) mass is 627 g/mol. The standard InChI is InChI=1S/C30H40F3NO6SSi/c1-27(2,3)39-26(35)34-24(29(7,8)20-19-25(34)40-41(36,37)30(31,32)33)21-38-42(28(4,5)6,22-15-11-9-12-16-22)23-17-13-10-14-18-23/h9-19,24H,20-21H2,1-8H3. The smallest absolute Gasteiger partial charge is 0.443 e. The molecular formula is C30H40F3NO6SSi. The average Bonchev–Trinajstić information content (AvgIpc) is 2.84. The summed E-state index contributed by atoms with van der Waals surface area (Å²) in [6.07, 6.45) is 0.242. The predicted octanol–water partition coefficient (Wildman–Crippen LogP) is 6.31. The summed E-state index contributed by atoms with van der Waals surface area (Å²) >= 11 is 0. The molecule has 42 heavy (non-hydrogen) atoms. The number of nitrogens with zero attached hydrogens (tertiary/aromatic N) is 1. The summed E-state index contributed by atoms with van der Waals surface area (Å²) in [6.45, 7) is 14.5. The molecule has 2 aromatic rings. The summed E-state index contributed by atoms with van der Waals surface area (Å²) in [5.74, 6) is -0.767. The van der Waals surface area contributed by atoms with Crippen LogP contribution in [0.1, 0.15) is 61.8 Å². The molecule has 1 heterocycles. The van der Waals surface area contributed by atoms with Crippen LogP contribution < -0.4 is 10.4 Å². The summed E-state index contributed by atoms with van der Waals surface area (Å²) in [5, 5.41) is 1.50. The Morgan fingerprint density at radius 2 is 1.40 bits per heavy atom. The second-order valence-electron chi connectivity index (χ2n) is 13.1. The van der Waals surface area contributed by atoms with Crippen LogP contribution in [0.2, 0.25) is 5.04 Å². The molecule has 12 heteroatoms. The van der Waals surface area contributed by atoms with Gasteiger partial charge in [-0.05, 0) is 54.1 Å². The van der Waals surface area contributed by atoms with Gasteiger partial charge in [0.15, 0.2) is 0 Å². The van der Waals surface area contributed by atoms with E-state index < -0.39 is 58.0 Å². The van der Waals surface area contributed by atoms with Crippen molar-refractivity contribution >= 4 is 34.9 Å². The number of hydrogen-bond donors (Lipinski definition) is 0. The highest BCUT2D eigenvalue weighted by Gasteiger charge is 2.54. The third-order valence-electron chi connectivity index (χ3n) is 7.20. The first-order chi connectivity index (χ1) is 19.1. The fraction of sp³-hybridized carbons (Fsp3) is 0.500. The van der Waals surface area contributed by atoms with E-state index in [0.29, 0.717) is 0 Å². The quantitative estimate of drug-likeness (QED) is 0.204. The van der Waals surface area contributed by atoms with E-state index in [1.54, 1.807) is 20.8 Å². The molecule has 7 nitrogen and oxygen atoms in total. The van der Waals surface area contributed by atoms with Gasteiger partial charge < -0.3 is 13.3 Å². The minimum absolute atomic E-state index is 0.115. The van der Waals surface area contributed by atoms with Crippen molar-refractivity contribution in [1.29, 1.82) is 0 Å². The van der Waals surface area contributed by atoms with Gasteiger partial charge in [-0.25, -0.2) is 9.69 Å². The Kier molecular flexibility index (Phi) is 9.37. The molecule has 1 aliphatic rings. The van der Waals surface area contributed by atoms with Crippen molar-refractivity contribution in [3.8, 4) is 0 Å². The van der Waals surface area contributed by atoms with E-state index in [1.807, 2.05) is 74.5 Å². The van der Waals surface area contributed by atoms with Crippen LogP contribution >= 0.6 is 0 Å². The lowest BCUT2D eigenvalue weighted by molar-refractivity contribution is -0.0578. The number of halogens is 3. The lowest BCUT2D eigenvalue weighted by Gasteiger charge is -2.48. The number of ether oxygens (including phenoxy) is 1. The van der Waals surface area contributed by atoms with Crippen molar-refractivity contribution in [3.05, 3.63) is 72.6 Å². The molecule has 0 aliphatic carbocycles. The first-order valence-corrected chi connectivity index (χ1v) is 16.9. The molecule has 0 aromatic heterocycles. The highest BCUT2D eigenvalue weighted by atomic mass is 32.2. The van der Waals surface area contributed by atoms with E-state index in [0.717, 1.165) is 15.3 Å². The van der Waals surface area contributed by atoms with E-state index in [2.05, 4.69) is 25.0 Å². The maximum absolute atomic E-state index is 13.6. The second-order valence-corrected chi connectivity index (χ2v) is 18.9. The second kappa shape index (κ2) is 11.7. The molecule has 0 radical (unpaired) electrons. The van der Waals surface area contributed by atoms with E-state index >= 15 is 0 Å². The highest BCUT2D eigenvalue weighted by Crippen LogP contribution is 2.42. The fourth-order valence-electron chi connectivity index (χ4n) is 5.12. The maximum Gasteiger partial charge on any atom is 0.534 e. The molecule has 3 rings (SSSR count). The Labute approximate surface area is 247 Å². The highest BCUT2D eigenvalue weighted by molar-refractivity contribution is 7.87. The Balaban J connectivity index is 2.18. The molecule has 0 spiro atoms. The van der Waals surface area contributed by atoms with Crippen LogP contribution in [0, 0.1) is 5.41 Å². The molecule has 1 unspecified atom stereocenters. The molecule has 1 aliphatic heterocycles. The van der Waals surface area contributed by atoms with Gasteiger partial charge in [0, 0.05) is 0 Å². The van der Waals surface area contributed by atoms with Crippen molar-refractivity contribution in [2.24, 2.45) is 5.41 Å². The van der Waals surface area contributed by atoms with Crippen molar-refractivity contribution in [2.75, 3.05) is 6.61 Å². The minimum Gasteiger partial charge on any atom is -0.443 e. The zero-order valence-corrected chi connectivity index (χ0v) is 27.1. The molecule has 0 bridgehead atoms. The van der Waals surface area contributed by atoms with E-state index in [-0.39, 0.29) is 13.0 Å². The lowest BCUT2D eigenvalue weighted by Crippen LogP contribution is -2.68. The third kappa shape index (κ3) is 7.03. The number of hydrogen-bond acceptors (Lipinski definition) is 6. The van der Waals surface area contributed by atoms with Gasteiger partial charge in [0.1, 0.15) is 5.60 Å². The largest absolute Gasteiger partial charge is 0.534 e. The van der Waals surface area contributed by atoms with E-state index in [9.17, 15) is 26.4 Å². The van der Waals surface area contributed by atoms with Crippen molar-refractivity contribution in [1.82, 2.24) is 4.90 Å². The fourth-order valence-corrected chi connectivity index (χ4v) is 10.1. The molecule has 0 N–H and O–H groups in total. The van der Waals surface area contributed by atoms with Gasteiger partial charge in [0.05, 0.1) is 12.6 Å². The first-order valence-electron chi connectivity index (χ1n) is 13.6. The molecule has 0 saturated heterocycles. The Bertz CT molecular complexity index is 1340. The number of allylic oxidation sites excluding steroid dienone is 1. The van der Waals surface area contributed by atoms with Gasteiger partial charge in [-0.2, -0.15) is 21.6 Å². The number of benzene rings is 2. The molecular weight excluding hydrogens is 587 g/mol. The summed E-state index contributed by atoms with van der Waals surface area (Å²) in [4.78, 5) is 14.4. The average molecular weight is 628 g/mol. The van der Waals surface area contributed by atoms with Gasteiger partial charge in [-0.15, -0.1) is 0 Å². The van der Waals surface area contributed by atoms with Crippen LogP contribution in [0.3, 0.4) is 0 Å². The molecule has 0 saturated carbocycles. The Hall–Kier alpha value is -2.83. The Morgan fingerprint density at radius 3 is 1.81 bits per heavy atom. The molecule has 1 atom stereocenters. The van der Waals surface area contributed by atoms with Crippen LogP contribution in [-0.2, 0) is 23.5 Å². The number of carbonyl (C=O) groups excluding carboxylic acids is 1. The van der Waals surface area contributed by atoms with Gasteiger partial charge >= 0.3 is 21.7 Å². The summed E-state index contributed by atoms with van der Waals surface area (Å²) in [6, 6.07) is 18.5. The van der Waals surface area contributed by atoms with Crippen LogP contribution in [0.15, 0.2) is 72.6 Å². The summed E-state index contributed by atoms with van der Waals surface area (Å²) in [5.41, 5.74) is -7.49. The zero-order chi connectivity index (χ0) is 31.8. The normalized spacial score (nSPS) is 18.3. The minimum atomic E-state index is -6.07. The summed E-state index contributed by atoms with van der Waals surface area (Å²) in [7, 11) is -9.21. The topological polar surface area (TPSA) is 82.1 Å².